The average Bonchev–Trinajstić information content (AvgIpc) is 3.19. The lowest BCUT2D eigenvalue weighted by molar-refractivity contribution is 0.136. The van der Waals surface area contributed by atoms with Gasteiger partial charge in [0.2, 0.25) is 9.05 Å². The minimum atomic E-state index is -3.65. The van der Waals surface area contributed by atoms with Crippen molar-refractivity contribution in [2.24, 2.45) is 5.92 Å². The first-order chi connectivity index (χ1) is 9.92. The summed E-state index contributed by atoms with van der Waals surface area (Å²) in [7, 11) is 1.62. The number of benzene rings is 1. The molecule has 1 aromatic rings. The summed E-state index contributed by atoms with van der Waals surface area (Å²) in [6.07, 6.45) is 2.13. The molecule has 1 atom stereocenters. The van der Waals surface area contributed by atoms with Crippen LogP contribution in [0.25, 0.3) is 0 Å². The zero-order valence-electron chi connectivity index (χ0n) is 11.5. The lowest BCUT2D eigenvalue weighted by atomic mass is 10.2. The van der Waals surface area contributed by atoms with Crippen LogP contribution < -0.4 is 5.32 Å². The highest BCUT2D eigenvalue weighted by atomic mass is 35.7. The van der Waals surface area contributed by atoms with Crippen LogP contribution in [0.4, 0.5) is 4.79 Å². The van der Waals surface area contributed by atoms with Crippen LogP contribution in [0.5, 0.6) is 0 Å². The van der Waals surface area contributed by atoms with Gasteiger partial charge in [-0.25, -0.2) is 13.2 Å². The lowest BCUT2D eigenvalue weighted by Crippen LogP contribution is -2.39. The van der Waals surface area contributed by atoms with Gasteiger partial charge in [0.15, 0.2) is 0 Å². The molecular weight excluding hydrogens is 314 g/mol. The summed E-state index contributed by atoms with van der Waals surface area (Å²) in [5.41, 5.74) is 0.872. The molecule has 0 aromatic heterocycles. The van der Waals surface area contributed by atoms with Crippen molar-refractivity contribution < 1.29 is 17.9 Å². The van der Waals surface area contributed by atoms with E-state index in [1.165, 1.54) is 0 Å². The molecule has 1 N–H and O–H groups in total. The molecule has 0 bridgehead atoms. The van der Waals surface area contributed by atoms with E-state index in [9.17, 15) is 13.2 Å². The molecule has 1 fully saturated rings. The molecule has 21 heavy (non-hydrogen) atoms. The van der Waals surface area contributed by atoms with Gasteiger partial charge in [-0.05, 0) is 17.9 Å². The number of halogens is 1. The third kappa shape index (κ3) is 6.82. The first-order valence-electron chi connectivity index (χ1n) is 6.82. The van der Waals surface area contributed by atoms with Crippen LogP contribution in [0.2, 0.25) is 0 Å². The van der Waals surface area contributed by atoms with E-state index in [0.29, 0.717) is 12.3 Å². The van der Waals surface area contributed by atoms with Gasteiger partial charge < -0.3 is 10.1 Å². The summed E-state index contributed by atoms with van der Waals surface area (Å²) in [6.45, 7) is 0.149. The summed E-state index contributed by atoms with van der Waals surface area (Å²) in [4.78, 5) is 11.7. The number of rotatable bonds is 7. The molecular formula is C14H18ClNO4S. The first kappa shape index (κ1) is 16.1. The minimum absolute atomic E-state index is 0.149. The number of nitrogens with one attached hydrogen (secondary N) is 1. The number of carbonyl (C=O) groups excluding carboxylic acids is 1. The summed E-state index contributed by atoms with van der Waals surface area (Å²) in [6, 6.07) is 8.78. The van der Waals surface area contributed by atoms with E-state index in [1.807, 2.05) is 30.3 Å². The Balaban J connectivity index is 1.82. The third-order valence-corrected chi connectivity index (χ3v) is 4.43. The third-order valence-electron chi connectivity index (χ3n) is 3.25. The maximum atomic E-state index is 11.7. The zero-order chi connectivity index (χ0) is 15.3. The van der Waals surface area contributed by atoms with E-state index < -0.39 is 21.2 Å². The van der Waals surface area contributed by atoms with E-state index in [2.05, 4.69) is 5.32 Å². The Bertz CT molecular complexity index is 572. The quantitative estimate of drug-likeness (QED) is 0.780. The van der Waals surface area contributed by atoms with Crippen molar-refractivity contribution in [3.8, 4) is 0 Å². The topological polar surface area (TPSA) is 72.5 Å². The van der Waals surface area contributed by atoms with E-state index in [1.54, 1.807) is 0 Å². The average molecular weight is 332 g/mol. The van der Waals surface area contributed by atoms with Gasteiger partial charge in [0.25, 0.3) is 0 Å². The molecule has 0 spiro atoms. The Kier molecular flexibility index (Phi) is 5.47. The number of carbonyl (C=O) groups is 1. The largest absolute Gasteiger partial charge is 0.445 e. The van der Waals surface area contributed by atoms with Crippen LogP contribution in [0.3, 0.4) is 0 Å². The molecule has 1 saturated carbocycles. The van der Waals surface area contributed by atoms with Crippen molar-refractivity contribution in [3.05, 3.63) is 35.9 Å². The molecule has 0 aliphatic heterocycles. The molecule has 5 nitrogen and oxygen atoms in total. The number of hydrogen-bond acceptors (Lipinski definition) is 4. The molecule has 1 aliphatic rings. The fourth-order valence-corrected chi connectivity index (χ4v) is 3.25. The maximum absolute atomic E-state index is 11.7. The van der Waals surface area contributed by atoms with Crippen LogP contribution >= 0.6 is 10.7 Å². The number of alkyl carbamates (subject to hydrolysis) is 1. The van der Waals surface area contributed by atoms with E-state index in [4.69, 9.17) is 15.4 Å². The molecule has 2 rings (SSSR count). The molecule has 0 radical (unpaired) electrons. The smallest absolute Gasteiger partial charge is 0.407 e. The van der Waals surface area contributed by atoms with Crippen LogP contribution in [-0.2, 0) is 20.4 Å². The highest BCUT2D eigenvalue weighted by Crippen LogP contribution is 2.33. The molecule has 1 aromatic carbocycles. The maximum Gasteiger partial charge on any atom is 0.407 e. The highest BCUT2D eigenvalue weighted by Gasteiger charge is 2.29. The van der Waals surface area contributed by atoms with Gasteiger partial charge in [-0.3, -0.25) is 0 Å². The van der Waals surface area contributed by atoms with E-state index in [0.717, 1.165) is 18.4 Å². The standard InChI is InChI=1S/C14H18ClNO4S/c15-21(18,19)10-13(8-11-6-7-11)16-14(17)20-9-12-4-2-1-3-5-12/h1-5,11,13H,6-10H2,(H,16,17). The molecule has 0 saturated heterocycles. The molecule has 1 amide bonds. The number of amides is 1. The second kappa shape index (κ2) is 7.13. The minimum Gasteiger partial charge on any atom is -0.445 e. The Labute approximate surface area is 129 Å². The zero-order valence-corrected chi connectivity index (χ0v) is 13.1. The Morgan fingerprint density at radius 2 is 2.00 bits per heavy atom. The van der Waals surface area contributed by atoms with Gasteiger partial charge in [-0.2, -0.15) is 0 Å². The van der Waals surface area contributed by atoms with Gasteiger partial charge in [0, 0.05) is 16.7 Å². The van der Waals surface area contributed by atoms with Gasteiger partial charge in [-0.1, -0.05) is 43.2 Å². The van der Waals surface area contributed by atoms with Gasteiger partial charge in [-0.15, -0.1) is 0 Å². The second-order valence-corrected chi connectivity index (χ2v) is 8.11. The monoisotopic (exact) mass is 331 g/mol. The van der Waals surface area contributed by atoms with Crippen molar-refractivity contribution in [2.45, 2.75) is 31.9 Å². The van der Waals surface area contributed by atoms with Crippen LogP contribution in [-0.4, -0.2) is 26.3 Å². The number of ether oxygens (including phenoxy) is 1. The van der Waals surface area contributed by atoms with Crippen LogP contribution in [0.1, 0.15) is 24.8 Å². The molecule has 0 heterocycles. The normalized spacial score (nSPS) is 16.2. The fraction of sp³-hybridized carbons (Fsp3) is 0.500. The second-order valence-electron chi connectivity index (χ2n) is 5.29. The molecule has 1 unspecified atom stereocenters. The first-order valence-corrected chi connectivity index (χ1v) is 9.30. The Morgan fingerprint density at radius 1 is 1.33 bits per heavy atom. The van der Waals surface area contributed by atoms with Crippen molar-refractivity contribution in [1.82, 2.24) is 5.32 Å². The van der Waals surface area contributed by atoms with Crippen molar-refractivity contribution in [1.29, 1.82) is 0 Å². The summed E-state index contributed by atoms with van der Waals surface area (Å²) in [5, 5.41) is 2.59. The van der Waals surface area contributed by atoms with Gasteiger partial charge >= 0.3 is 6.09 Å². The Morgan fingerprint density at radius 3 is 2.57 bits per heavy atom. The van der Waals surface area contributed by atoms with Crippen molar-refractivity contribution in [2.75, 3.05) is 5.75 Å². The highest BCUT2D eigenvalue weighted by molar-refractivity contribution is 8.13. The van der Waals surface area contributed by atoms with Crippen molar-refractivity contribution >= 4 is 25.8 Å². The van der Waals surface area contributed by atoms with Crippen LogP contribution in [0, 0.1) is 5.92 Å². The SMILES string of the molecule is O=C(NC(CC1CC1)CS(=O)(=O)Cl)OCc1ccccc1. The molecule has 116 valence electrons. The predicted octanol–water partition coefficient (Wildman–Crippen LogP) is 2.65. The number of hydrogen-bond donors (Lipinski definition) is 1. The summed E-state index contributed by atoms with van der Waals surface area (Å²) < 4.78 is 27.4. The van der Waals surface area contributed by atoms with Gasteiger partial charge in [0.1, 0.15) is 6.61 Å². The molecule has 7 heteroatoms. The fourth-order valence-electron chi connectivity index (χ4n) is 2.10. The van der Waals surface area contributed by atoms with Crippen LogP contribution in [0.15, 0.2) is 30.3 Å². The predicted molar refractivity (Wildman–Crippen MR) is 80.5 cm³/mol. The summed E-state index contributed by atoms with van der Waals surface area (Å²) >= 11 is 0. The van der Waals surface area contributed by atoms with Gasteiger partial charge in [0.05, 0.1) is 5.75 Å². The van der Waals surface area contributed by atoms with E-state index in [-0.39, 0.29) is 12.4 Å². The Hall–Kier alpha value is -1.27. The van der Waals surface area contributed by atoms with Crippen molar-refractivity contribution in [3.63, 3.8) is 0 Å². The molecule has 1 aliphatic carbocycles. The summed E-state index contributed by atoms with van der Waals surface area (Å²) in [5.74, 6) is 0.203. The lowest BCUT2D eigenvalue weighted by Gasteiger charge is -2.17. The van der Waals surface area contributed by atoms with E-state index >= 15 is 0 Å².